The van der Waals surface area contributed by atoms with Crippen LogP contribution in [0.4, 0.5) is 0 Å². The Kier molecular flexibility index (Phi) is 2.47. The van der Waals surface area contributed by atoms with Crippen LogP contribution in [-0.4, -0.2) is 25.8 Å². The standard InChI is InChI=1S/C9H13N3O2/c13-9(14)6-7-10-8-4-2-1-3-5-12(8)11-7/h1-6H2,(H,13,14). The van der Waals surface area contributed by atoms with Gasteiger partial charge in [0.05, 0.1) is 0 Å². The minimum Gasteiger partial charge on any atom is -0.481 e. The number of nitrogens with zero attached hydrogens (tertiary/aromatic N) is 3. The van der Waals surface area contributed by atoms with Gasteiger partial charge in [-0.05, 0) is 12.8 Å². The smallest absolute Gasteiger partial charge is 0.311 e. The Hall–Kier alpha value is -1.39. The maximum Gasteiger partial charge on any atom is 0.311 e. The van der Waals surface area contributed by atoms with Crippen molar-refractivity contribution in [2.24, 2.45) is 0 Å². The summed E-state index contributed by atoms with van der Waals surface area (Å²) in [6.07, 6.45) is 4.31. The lowest BCUT2D eigenvalue weighted by Crippen LogP contribution is -2.04. The molecule has 1 aromatic heterocycles. The summed E-state index contributed by atoms with van der Waals surface area (Å²) >= 11 is 0. The van der Waals surface area contributed by atoms with E-state index in [1.807, 2.05) is 4.68 Å². The van der Waals surface area contributed by atoms with Crippen molar-refractivity contribution < 1.29 is 9.90 Å². The number of aryl methyl sites for hydroxylation is 2. The van der Waals surface area contributed by atoms with Crippen molar-refractivity contribution in [1.29, 1.82) is 0 Å². The van der Waals surface area contributed by atoms with Crippen molar-refractivity contribution in [1.82, 2.24) is 14.8 Å². The molecule has 0 aliphatic carbocycles. The van der Waals surface area contributed by atoms with Crippen LogP contribution >= 0.6 is 0 Å². The fraction of sp³-hybridized carbons (Fsp3) is 0.667. The van der Waals surface area contributed by atoms with Gasteiger partial charge in [-0.1, -0.05) is 6.42 Å². The fourth-order valence-corrected chi connectivity index (χ4v) is 1.72. The van der Waals surface area contributed by atoms with Gasteiger partial charge in [0.15, 0.2) is 5.82 Å². The highest BCUT2D eigenvalue weighted by Crippen LogP contribution is 2.12. The summed E-state index contributed by atoms with van der Waals surface area (Å²) in [7, 11) is 0. The molecule has 0 aromatic carbocycles. The van der Waals surface area contributed by atoms with Crippen LogP contribution in [0.25, 0.3) is 0 Å². The number of hydrogen-bond acceptors (Lipinski definition) is 3. The third-order valence-electron chi connectivity index (χ3n) is 2.37. The number of hydrogen-bond donors (Lipinski definition) is 1. The number of carboxylic acids is 1. The van der Waals surface area contributed by atoms with Gasteiger partial charge in [0, 0.05) is 13.0 Å². The molecule has 5 nitrogen and oxygen atoms in total. The van der Waals surface area contributed by atoms with Crippen molar-refractivity contribution in [2.75, 3.05) is 0 Å². The maximum atomic E-state index is 10.5. The van der Waals surface area contributed by atoms with E-state index in [0.717, 1.165) is 31.6 Å². The van der Waals surface area contributed by atoms with Gasteiger partial charge in [-0.15, -0.1) is 0 Å². The number of carbonyl (C=O) groups is 1. The minimum atomic E-state index is -0.870. The van der Waals surface area contributed by atoms with Gasteiger partial charge >= 0.3 is 5.97 Å². The van der Waals surface area contributed by atoms with Gasteiger partial charge in [0.2, 0.25) is 0 Å². The van der Waals surface area contributed by atoms with Crippen molar-refractivity contribution in [3.8, 4) is 0 Å². The molecular formula is C9H13N3O2. The Morgan fingerprint density at radius 3 is 3.07 bits per heavy atom. The van der Waals surface area contributed by atoms with Crippen LogP contribution in [0.3, 0.4) is 0 Å². The zero-order valence-electron chi connectivity index (χ0n) is 7.94. The first-order valence-corrected chi connectivity index (χ1v) is 4.90. The molecule has 2 rings (SSSR count). The van der Waals surface area contributed by atoms with Crippen molar-refractivity contribution in [3.05, 3.63) is 11.6 Å². The molecule has 2 heterocycles. The molecule has 14 heavy (non-hydrogen) atoms. The second-order valence-corrected chi connectivity index (χ2v) is 3.55. The molecule has 0 fully saturated rings. The van der Waals surface area contributed by atoms with E-state index in [1.54, 1.807) is 0 Å². The van der Waals surface area contributed by atoms with E-state index in [4.69, 9.17) is 5.11 Å². The molecule has 0 saturated heterocycles. The van der Waals surface area contributed by atoms with Crippen molar-refractivity contribution in [3.63, 3.8) is 0 Å². The Balaban J connectivity index is 2.18. The summed E-state index contributed by atoms with van der Waals surface area (Å²) < 4.78 is 1.85. The molecule has 0 saturated carbocycles. The highest BCUT2D eigenvalue weighted by molar-refractivity contribution is 5.68. The number of aromatic nitrogens is 3. The molecule has 0 amide bonds. The molecule has 5 heteroatoms. The second kappa shape index (κ2) is 3.77. The van der Waals surface area contributed by atoms with Gasteiger partial charge in [-0.25, -0.2) is 9.67 Å². The number of rotatable bonds is 2. The minimum absolute atomic E-state index is 0.0694. The molecule has 1 N–H and O–H groups in total. The Morgan fingerprint density at radius 2 is 2.29 bits per heavy atom. The Bertz CT molecular complexity index is 322. The van der Waals surface area contributed by atoms with Crippen LogP contribution in [0, 0.1) is 0 Å². The Morgan fingerprint density at radius 1 is 1.43 bits per heavy atom. The zero-order chi connectivity index (χ0) is 9.97. The highest BCUT2D eigenvalue weighted by atomic mass is 16.4. The van der Waals surface area contributed by atoms with Crippen LogP contribution in [0.2, 0.25) is 0 Å². The average molecular weight is 195 g/mol. The highest BCUT2D eigenvalue weighted by Gasteiger charge is 2.14. The summed E-state index contributed by atoms with van der Waals surface area (Å²) in [4.78, 5) is 14.7. The number of aliphatic carboxylic acids is 1. The van der Waals surface area contributed by atoms with E-state index in [1.165, 1.54) is 6.42 Å². The lowest BCUT2D eigenvalue weighted by atomic mass is 10.2. The summed E-state index contributed by atoms with van der Waals surface area (Å²) in [6, 6.07) is 0. The predicted molar refractivity (Wildman–Crippen MR) is 48.9 cm³/mol. The number of carboxylic acid groups (broad SMARTS) is 1. The van der Waals surface area contributed by atoms with Crippen LogP contribution in [0.1, 0.15) is 30.9 Å². The van der Waals surface area contributed by atoms with E-state index >= 15 is 0 Å². The summed E-state index contributed by atoms with van der Waals surface area (Å²) in [5.74, 6) is 0.513. The monoisotopic (exact) mass is 195 g/mol. The molecule has 0 spiro atoms. The first-order chi connectivity index (χ1) is 6.75. The SMILES string of the molecule is O=C(O)Cc1nc2n(n1)CCCCC2. The molecule has 0 unspecified atom stereocenters. The fourth-order valence-electron chi connectivity index (χ4n) is 1.72. The summed E-state index contributed by atoms with van der Waals surface area (Å²) in [5.41, 5.74) is 0. The van der Waals surface area contributed by atoms with Crippen molar-refractivity contribution >= 4 is 5.97 Å². The average Bonchev–Trinajstić information content (AvgIpc) is 2.34. The van der Waals surface area contributed by atoms with Gasteiger partial charge < -0.3 is 5.11 Å². The lowest BCUT2D eigenvalue weighted by molar-refractivity contribution is -0.136. The normalized spacial score (nSPS) is 16.0. The molecule has 0 bridgehead atoms. The van der Waals surface area contributed by atoms with Gasteiger partial charge in [-0.3, -0.25) is 4.79 Å². The van der Waals surface area contributed by atoms with Gasteiger partial charge in [0.25, 0.3) is 0 Å². The first kappa shape index (κ1) is 9.18. The summed E-state index contributed by atoms with van der Waals surface area (Å²) in [6.45, 7) is 0.877. The third-order valence-corrected chi connectivity index (χ3v) is 2.37. The van der Waals surface area contributed by atoms with Crippen LogP contribution in [0.5, 0.6) is 0 Å². The van der Waals surface area contributed by atoms with E-state index in [0.29, 0.717) is 5.82 Å². The largest absolute Gasteiger partial charge is 0.481 e. The third kappa shape index (κ3) is 1.92. The van der Waals surface area contributed by atoms with E-state index in [2.05, 4.69) is 10.1 Å². The molecule has 76 valence electrons. The molecule has 1 aliphatic heterocycles. The topological polar surface area (TPSA) is 68.0 Å². The number of fused-ring (bicyclic) bond motifs is 1. The molecule has 0 atom stereocenters. The summed E-state index contributed by atoms with van der Waals surface area (Å²) in [5, 5.41) is 12.8. The van der Waals surface area contributed by atoms with Crippen LogP contribution < -0.4 is 0 Å². The van der Waals surface area contributed by atoms with Crippen LogP contribution in [0.15, 0.2) is 0 Å². The van der Waals surface area contributed by atoms with E-state index in [-0.39, 0.29) is 6.42 Å². The molecule has 1 aromatic rings. The Labute approximate surface area is 81.8 Å². The van der Waals surface area contributed by atoms with Gasteiger partial charge in [0.1, 0.15) is 12.2 Å². The second-order valence-electron chi connectivity index (χ2n) is 3.55. The molecule has 1 aliphatic rings. The predicted octanol–water partition coefficient (Wildman–Crippen LogP) is 0.632. The van der Waals surface area contributed by atoms with E-state index < -0.39 is 5.97 Å². The van der Waals surface area contributed by atoms with Gasteiger partial charge in [-0.2, -0.15) is 5.10 Å². The maximum absolute atomic E-state index is 10.5. The zero-order valence-corrected chi connectivity index (χ0v) is 7.94. The van der Waals surface area contributed by atoms with Crippen molar-refractivity contribution in [2.45, 2.75) is 38.6 Å². The molecule has 0 radical (unpaired) electrons. The molecular weight excluding hydrogens is 182 g/mol. The van der Waals surface area contributed by atoms with Crippen LogP contribution in [-0.2, 0) is 24.2 Å². The quantitative estimate of drug-likeness (QED) is 0.751. The lowest BCUT2D eigenvalue weighted by Gasteiger charge is -1.97. The first-order valence-electron chi connectivity index (χ1n) is 4.90. The van der Waals surface area contributed by atoms with E-state index in [9.17, 15) is 4.79 Å².